The number of hydrogen-bond donors (Lipinski definition) is 2. The van der Waals surface area contributed by atoms with Crippen molar-refractivity contribution in [2.24, 2.45) is 0 Å². The van der Waals surface area contributed by atoms with E-state index in [0.29, 0.717) is 0 Å². The zero-order valence-corrected chi connectivity index (χ0v) is 5.84. The number of aromatic nitrogens is 3. The van der Waals surface area contributed by atoms with Gasteiger partial charge in [0.1, 0.15) is 0 Å². The monoisotopic (exact) mass is 171 g/mol. The molecule has 0 atom stereocenters. The van der Waals surface area contributed by atoms with Gasteiger partial charge in [0.05, 0.1) is 6.20 Å². The number of nitrogens with zero attached hydrogens (tertiary/aromatic N) is 3. The van der Waals surface area contributed by atoms with E-state index >= 15 is 0 Å². The molecule has 0 unspecified atom stereocenters. The molecule has 0 saturated carbocycles. The minimum atomic E-state index is -1.23. The van der Waals surface area contributed by atoms with Gasteiger partial charge >= 0.3 is 11.9 Å². The zero-order valence-electron chi connectivity index (χ0n) is 5.84. The Hall–Kier alpha value is -1.92. The summed E-state index contributed by atoms with van der Waals surface area (Å²) in [6.07, 6.45) is 0.991. The maximum Gasteiger partial charge on any atom is 0.358 e. The van der Waals surface area contributed by atoms with Crippen LogP contribution in [0.3, 0.4) is 0 Å². The fraction of sp³-hybridized carbons (Fsp3) is 0.200. The van der Waals surface area contributed by atoms with Crippen LogP contribution in [-0.2, 0) is 11.3 Å². The highest BCUT2D eigenvalue weighted by molar-refractivity contribution is 5.84. The molecular formula is C5H5N3O4. The third-order valence-electron chi connectivity index (χ3n) is 1.03. The van der Waals surface area contributed by atoms with Gasteiger partial charge in [0, 0.05) is 0 Å². The molecule has 1 rings (SSSR count). The van der Waals surface area contributed by atoms with Crippen LogP contribution in [-0.4, -0.2) is 37.1 Å². The Bertz CT molecular complexity index is 318. The normalized spacial score (nSPS) is 9.67. The predicted octanol–water partition coefficient (Wildman–Crippen LogP) is -0.939. The molecule has 0 fully saturated rings. The smallest absolute Gasteiger partial charge is 0.358 e. The van der Waals surface area contributed by atoms with E-state index in [0.717, 1.165) is 11.0 Å². The van der Waals surface area contributed by atoms with Crippen molar-refractivity contribution >= 4 is 11.9 Å². The summed E-state index contributed by atoms with van der Waals surface area (Å²) in [4.78, 5) is 21.1. The van der Waals surface area contributed by atoms with Crippen LogP contribution in [0.25, 0.3) is 0 Å². The van der Waals surface area contributed by atoms with Crippen molar-refractivity contribution in [3.63, 3.8) is 0 Å². The van der Waals surface area contributed by atoms with Crippen LogP contribution >= 0.6 is 0 Å². The molecule has 0 bridgehead atoms. The molecule has 0 aliphatic carbocycles. The highest BCUT2D eigenvalue weighted by atomic mass is 16.4. The molecule has 0 aliphatic heterocycles. The highest BCUT2D eigenvalue weighted by Crippen LogP contribution is 1.90. The van der Waals surface area contributed by atoms with E-state index in [2.05, 4.69) is 10.2 Å². The number of carbonyl (C=O) groups is 2. The summed E-state index contributed by atoms with van der Waals surface area (Å²) < 4.78 is 0. The lowest BCUT2D eigenvalue weighted by atomic mass is 10.5. The Balaban J connectivity index is 2.77. The van der Waals surface area contributed by atoms with Crippen molar-refractivity contribution in [1.29, 1.82) is 0 Å². The van der Waals surface area contributed by atoms with Gasteiger partial charge < -0.3 is 10.2 Å². The first-order chi connectivity index (χ1) is 5.59. The summed E-state index contributed by atoms with van der Waals surface area (Å²) in [5.74, 6) is -2.35. The lowest BCUT2D eigenvalue weighted by Crippen LogP contribution is -2.12. The second-order valence-electron chi connectivity index (χ2n) is 1.96. The van der Waals surface area contributed by atoms with Gasteiger partial charge in [-0.1, -0.05) is 0 Å². The molecule has 12 heavy (non-hydrogen) atoms. The molecule has 0 spiro atoms. The summed E-state index contributed by atoms with van der Waals surface area (Å²) in [5, 5.41) is 23.4. The van der Waals surface area contributed by atoms with Gasteiger partial charge in [-0.15, -0.1) is 5.10 Å². The topological polar surface area (TPSA) is 105 Å². The van der Waals surface area contributed by atoms with Gasteiger partial charge in [0.15, 0.2) is 12.2 Å². The predicted molar refractivity (Wildman–Crippen MR) is 34.6 cm³/mol. The largest absolute Gasteiger partial charge is 0.480 e. The molecule has 1 aromatic rings. The average Bonchev–Trinajstić information content (AvgIpc) is 2.34. The Morgan fingerprint density at radius 1 is 1.50 bits per heavy atom. The number of aliphatic carboxylic acids is 1. The van der Waals surface area contributed by atoms with Crippen molar-refractivity contribution in [2.75, 3.05) is 0 Å². The highest BCUT2D eigenvalue weighted by Gasteiger charge is 2.09. The summed E-state index contributed by atoms with van der Waals surface area (Å²) in [6.45, 7) is -0.437. The molecule has 0 radical (unpaired) electrons. The van der Waals surface area contributed by atoms with E-state index in [9.17, 15) is 9.59 Å². The molecular weight excluding hydrogens is 166 g/mol. The van der Waals surface area contributed by atoms with Crippen LogP contribution in [0.2, 0.25) is 0 Å². The second kappa shape index (κ2) is 2.99. The van der Waals surface area contributed by atoms with Crippen molar-refractivity contribution in [2.45, 2.75) is 6.54 Å². The van der Waals surface area contributed by atoms with Crippen LogP contribution in [0.5, 0.6) is 0 Å². The summed E-state index contributed by atoms with van der Waals surface area (Å²) in [7, 11) is 0. The molecule has 1 heterocycles. The number of rotatable bonds is 3. The molecule has 7 nitrogen and oxygen atoms in total. The number of hydrogen-bond acceptors (Lipinski definition) is 4. The third-order valence-corrected chi connectivity index (χ3v) is 1.03. The quantitative estimate of drug-likeness (QED) is 0.608. The lowest BCUT2D eigenvalue weighted by Gasteiger charge is -1.90. The van der Waals surface area contributed by atoms with E-state index in [1.807, 2.05) is 0 Å². The summed E-state index contributed by atoms with van der Waals surface area (Å²) >= 11 is 0. The minimum absolute atomic E-state index is 0.267. The SMILES string of the molecule is O=C(O)Cn1ncc(C(=O)O)n1. The van der Waals surface area contributed by atoms with Gasteiger partial charge in [0.2, 0.25) is 0 Å². The molecule has 7 heteroatoms. The molecule has 0 amide bonds. The van der Waals surface area contributed by atoms with Crippen molar-refractivity contribution in [1.82, 2.24) is 15.0 Å². The first-order valence-corrected chi connectivity index (χ1v) is 2.95. The zero-order chi connectivity index (χ0) is 9.14. The molecule has 64 valence electrons. The Labute approximate surface area is 66.2 Å². The van der Waals surface area contributed by atoms with Crippen LogP contribution in [0.1, 0.15) is 10.5 Å². The Morgan fingerprint density at radius 3 is 2.58 bits per heavy atom. The van der Waals surface area contributed by atoms with Crippen LogP contribution in [0, 0.1) is 0 Å². The van der Waals surface area contributed by atoms with Gasteiger partial charge in [-0.2, -0.15) is 9.90 Å². The van der Waals surface area contributed by atoms with Crippen LogP contribution in [0.4, 0.5) is 0 Å². The van der Waals surface area contributed by atoms with E-state index in [1.54, 1.807) is 0 Å². The minimum Gasteiger partial charge on any atom is -0.480 e. The molecule has 0 saturated heterocycles. The number of carboxylic acid groups (broad SMARTS) is 2. The van der Waals surface area contributed by atoms with Gasteiger partial charge in [-0.25, -0.2) is 4.79 Å². The van der Waals surface area contributed by atoms with E-state index < -0.39 is 18.5 Å². The average molecular weight is 171 g/mol. The van der Waals surface area contributed by atoms with Crippen LogP contribution < -0.4 is 0 Å². The number of carboxylic acids is 2. The second-order valence-corrected chi connectivity index (χ2v) is 1.96. The maximum atomic E-state index is 10.2. The van der Waals surface area contributed by atoms with Gasteiger partial charge in [0.25, 0.3) is 0 Å². The summed E-state index contributed by atoms with van der Waals surface area (Å²) in [6, 6.07) is 0. The molecule has 1 aromatic heterocycles. The fourth-order valence-corrected chi connectivity index (χ4v) is 0.592. The van der Waals surface area contributed by atoms with Gasteiger partial charge in [-0.3, -0.25) is 4.79 Å². The maximum absolute atomic E-state index is 10.2. The van der Waals surface area contributed by atoms with E-state index in [-0.39, 0.29) is 5.69 Å². The third kappa shape index (κ3) is 1.78. The lowest BCUT2D eigenvalue weighted by molar-refractivity contribution is -0.138. The standard InChI is InChI=1S/C5H5N3O4/c9-4(10)2-8-6-1-3(7-8)5(11)12/h1H,2H2,(H,9,10)(H,11,12). The van der Waals surface area contributed by atoms with E-state index in [4.69, 9.17) is 10.2 Å². The van der Waals surface area contributed by atoms with E-state index in [1.165, 1.54) is 0 Å². The molecule has 0 aromatic carbocycles. The molecule has 2 N–H and O–H groups in total. The molecule has 0 aliphatic rings. The fourth-order valence-electron chi connectivity index (χ4n) is 0.592. The summed E-state index contributed by atoms with van der Waals surface area (Å²) in [5.41, 5.74) is -0.267. The first-order valence-electron chi connectivity index (χ1n) is 2.95. The Kier molecular flexibility index (Phi) is 2.04. The Morgan fingerprint density at radius 2 is 2.17 bits per heavy atom. The van der Waals surface area contributed by atoms with Crippen LogP contribution in [0.15, 0.2) is 6.20 Å². The van der Waals surface area contributed by atoms with Crippen molar-refractivity contribution in [3.8, 4) is 0 Å². The van der Waals surface area contributed by atoms with Crippen molar-refractivity contribution in [3.05, 3.63) is 11.9 Å². The van der Waals surface area contributed by atoms with Gasteiger partial charge in [-0.05, 0) is 0 Å². The van der Waals surface area contributed by atoms with Crippen molar-refractivity contribution < 1.29 is 19.8 Å². The first kappa shape index (κ1) is 8.18. The number of aromatic carboxylic acids is 1.